The molecule has 2 aromatic heterocycles. The average molecular weight is 349 g/mol. The summed E-state index contributed by atoms with van der Waals surface area (Å²) in [5.41, 5.74) is 3.06. The second-order valence-corrected chi connectivity index (χ2v) is 6.92. The molecule has 0 saturated carbocycles. The molecule has 26 heavy (non-hydrogen) atoms. The van der Waals surface area contributed by atoms with E-state index in [1.165, 1.54) is 5.56 Å². The fraction of sp³-hybridized carbons (Fsp3) is 0.350. The lowest BCUT2D eigenvalue weighted by Crippen LogP contribution is -2.21. The zero-order valence-corrected chi connectivity index (χ0v) is 14.9. The maximum atomic E-state index is 9.29. The maximum Gasteiger partial charge on any atom is 0.160 e. The first kappa shape index (κ1) is 16.7. The first-order valence-electron chi connectivity index (χ1n) is 8.98. The fourth-order valence-electron chi connectivity index (χ4n) is 3.62. The van der Waals surface area contributed by atoms with Gasteiger partial charge in [0, 0.05) is 32.5 Å². The van der Waals surface area contributed by atoms with Crippen LogP contribution in [0.5, 0.6) is 0 Å². The lowest BCUT2D eigenvalue weighted by atomic mass is 9.97. The SMILES string of the molecule is Cn1ccnc1-c1ccc(N2CC[C@H](Cc3cccc(CO)c3)C2)nn1. The second kappa shape index (κ2) is 7.25. The van der Waals surface area contributed by atoms with Gasteiger partial charge in [-0.2, -0.15) is 0 Å². The molecule has 0 aliphatic carbocycles. The van der Waals surface area contributed by atoms with E-state index in [-0.39, 0.29) is 6.61 Å². The highest BCUT2D eigenvalue weighted by Gasteiger charge is 2.24. The van der Waals surface area contributed by atoms with Crippen LogP contribution in [0.25, 0.3) is 11.5 Å². The Morgan fingerprint density at radius 1 is 1.15 bits per heavy atom. The zero-order chi connectivity index (χ0) is 17.9. The molecule has 6 nitrogen and oxygen atoms in total. The van der Waals surface area contributed by atoms with E-state index in [0.717, 1.165) is 48.8 Å². The van der Waals surface area contributed by atoms with Crippen molar-refractivity contribution in [3.05, 3.63) is 59.9 Å². The van der Waals surface area contributed by atoms with Gasteiger partial charge in [0.25, 0.3) is 0 Å². The molecule has 0 amide bonds. The first-order valence-corrected chi connectivity index (χ1v) is 8.98. The normalized spacial score (nSPS) is 17.0. The van der Waals surface area contributed by atoms with Crippen molar-refractivity contribution in [2.24, 2.45) is 13.0 Å². The van der Waals surface area contributed by atoms with Crippen LogP contribution in [0.15, 0.2) is 48.8 Å². The van der Waals surface area contributed by atoms with Crippen molar-refractivity contribution < 1.29 is 5.11 Å². The summed E-state index contributed by atoms with van der Waals surface area (Å²) in [6, 6.07) is 12.3. The number of anilines is 1. The van der Waals surface area contributed by atoms with Gasteiger partial charge < -0.3 is 14.6 Å². The number of rotatable bonds is 5. The van der Waals surface area contributed by atoms with Crippen molar-refractivity contribution in [3.63, 3.8) is 0 Å². The number of nitrogens with zero attached hydrogens (tertiary/aromatic N) is 5. The third kappa shape index (κ3) is 3.46. The summed E-state index contributed by atoms with van der Waals surface area (Å²) in [5, 5.41) is 18.1. The molecule has 1 fully saturated rings. The molecule has 3 aromatic rings. The summed E-state index contributed by atoms with van der Waals surface area (Å²) >= 11 is 0. The van der Waals surface area contributed by atoms with E-state index in [0.29, 0.717) is 5.92 Å². The Hall–Kier alpha value is -2.73. The number of benzene rings is 1. The Morgan fingerprint density at radius 2 is 2.04 bits per heavy atom. The van der Waals surface area contributed by atoms with Crippen LogP contribution in [0.4, 0.5) is 5.82 Å². The summed E-state index contributed by atoms with van der Waals surface area (Å²) in [7, 11) is 1.95. The lowest BCUT2D eigenvalue weighted by molar-refractivity contribution is 0.281. The molecular formula is C20H23N5O. The third-order valence-electron chi connectivity index (χ3n) is 5.01. The molecule has 1 atom stereocenters. The molecule has 3 heterocycles. The van der Waals surface area contributed by atoms with Gasteiger partial charge >= 0.3 is 0 Å². The summed E-state index contributed by atoms with van der Waals surface area (Å²) in [6.07, 6.45) is 5.85. The molecule has 4 rings (SSSR count). The van der Waals surface area contributed by atoms with E-state index in [2.05, 4.69) is 32.2 Å². The van der Waals surface area contributed by atoms with Crippen LogP contribution in [0.1, 0.15) is 17.5 Å². The Labute approximate surface area is 153 Å². The van der Waals surface area contributed by atoms with Crippen LogP contribution in [0.2, 0.25) is 0 Å². The van der Waals surface area contributed by atoms with Gasteiger partial charge in [0.1, 0.15) is 5.69 Å². The van der Waals surface area contributed by atoms with E-state index in [9.17, 15) is 5.11 Å². The summed E-state index contributed by atoms with van der Waals surface area (Å²) in [5.74, 6) is 2.35. The Morgan fingerprint density at radius 3 is 2.77 bits per heavy atom. The topological polar surface area (TPSA) is 67.1 Å². The number of hydrogen-bond acceptors (Lipinski definition) is 5. The molecule has 1 N–H and O–H groups in total. The Bertz CT molecular complexity index is 874. The number of hydrogen-bond donors (Lipinski definition) is 1. The van der Waals surface area contributed by atoms with Crippen LogP contribution < -0.4 is 4.90 Å². The largest absolute Gasteiger partial charge is 0.392 e. The zero-order valence-electron chi connectivity index (χ0n) is 14.9. The van der Waals surface area contributed by atoms with Gasteiger partial charge in [-0.25, -0.2) is 4.98 Å². The molecular weight excluding hydrogens is 326 g/mol. The summed E-state index contributed by atoms with van der Waals surface area (Å²) in [6.45, 7) is 2.09. The number of aryl methyl sites for hydroxylation is 1. The van der Waals surface area contributed by atoms with Crippen LogP contribution in [-0.4, -0.2) is 37.9 Å². The van der Waals surface area contributed by atoms with Crippen molar-refractivity contribution in [1.82, 2.24) is 19.7 Å². The fourth-order valence-corrected chi connectivity index (χ4v) is 3.62. The molecule has 0 bridgehead atoms. The highest BCUT2D eigenvalue weighted by Crippen LogP contribution is 2.25. The minimum absolute atomic E-state index is 0.0998. The van der Waals surface area contributed by atoms with E-state index in [1.807, 2.05) is 42.1 Å². The van der Waals surface area contributed by atoms with Gasteiger partial charge in [-0.1, -0.05) is 24.3 Å². The summed E-state index contributed by atoms with van der Waals surface area (Å²) < 4.78 is 1.94. The van der Waals surface area contributed by atoms with E-state index in [4.69, 9.17) is 0 Å². The second-order valence-electron chi connectivity index (χ2n) is 6.92. The van der Waals surface area contributed by atoms with Crippen LogP contribution in [-0.2, 0) is 20.1 Å². The van der Waals surface area contributed by atoms with Gasteiger partial charge in [-0.3, -0.25) is 0 Å². The molecule has 0 radical (unpaired) electrons. The van der Waals surface area contributed by atoms with Crippen molar-refractivity contribution in [2.75, 3.05) is 18.0 Å². The highest BCUT2D eigenvalue weighted by atomic mass is 16.3. The van der Waals surface area contributed by atoms with E-state index < -0.39 is 0 Å². The number of aliphatic hydroxyl groups is 1. The van der Waals surface area contributed by atoms with Crippen molar-refractivity contribution >= 4 is 5.82 Å². The standard InChI is InChI=1S/C20H23N5O/c1-24-10-8-21-20(24)18-5-6-19(23-22-18)25-9-7-16(13-25)11-15-3-2-4-17(12-15)14-26/h2-6,8,10,12,16,26H,7,9,11,13-14H2,1H3/t16-/m1/s1. The molecule has 1 aliphatic heterocycles. The Kier molecular flexibility index (Phi) is 4.67. The van der Waals surface area contributed by atoms with Crippen LogP contribution >= 0.6 is 0 Å². The van der Waals surface area contributed by atoms with Gasteiger partial charge in [0.05, 0.1) is 6.61 Å². The molecule has 1 aliphatic rings. The molecule has 6 heteroatoms. The van der Waals surface area contributed by atoms with Gasteiger partial charge in [0.2, 0.25) is 0 Å². The van der Waals surface area contributed by atoms with E-state index in [1.54, 1.807) is 6.20 Å². The molecule has 1 aromatic carbocycles. The van der Waals surface area contributed by atoms with Gasteiger partial charge in [0.15, 0.2) is 11.6 Å². The predicted molar refractivity (Wildman–Crippen MR) is 101 cm³/mol. The quantitative estimate of drug-likeness (QED) is 0.766. The highest BCUT2D eigenvalue weighted by molar-refractivity contribution is 5.52. The molecule has 0 spiro atoms. The summed E-state index contributed by atoms with van der Waals surface area (Å²) in [4.78, 5) is 6.62. The van der Waals surface area contributed by atoms with Crippen molar-refractivity contribution in [1.29, 1.82) is 0 Å². The smallest absolute Gasteiger partial charge is 0.160 e. The van der Waals surface area contributed by atoms with Crippen molar-refractivity contribution in [2.45, 2.75) is 19.4 Å². The van der Waals surface area contributed by atoms with Crippen LogP contribution in [0.3, 0.4) is 0 Å². The number of aromatic nitrogens is 4. The lowest BCUT2D eigenvalue weighted by Gasteiger charge is -2.17. The maximum absolute atomic E-state index is 9.29. The molecule has 0 unspecified atom stereocenters. The van der Waals surface area contributed by atoms with Gasteiger partial charge in [-0.05, 0) is 42.0 Å². The Balaban J connectivity index is 1.41. The molecule has 1 saturated heterocycles. The monoisotopic (exact) mass is 349 g/mol. The minimum atomic E-state index is 0.0998. The third-order valence-corrected chi connectivity index (χ3v) is 5.01. The van der Waals surface area contributed by atoms with Gasteiger partial charge in [-0.15, -0.1) is 10.2 Å². The number of imidazole rings is 1. The van der Waals surface area contributed by atoms with Crippen molar-refractivity contribution in [3.8, 4) is 11.5 Å². The minimum Gasteiger partial charge on any atom is -0.392 e. The number of aliphatic hydroxyl groups excluding tert-OH is 1. The van der Waals surface area contributed by atoms with E-state index >= 15 is 0 Å². The first-order chi connectivity index (χ1) is 12.7. The molecule has 134 valence electrons. The predicted octanol–water partition coefficient (Wildman–Crippen LogP) is 2.44. The average Bonchev–Trinajstić information content (AvgIpc) is 3.31. The van der Waals surface area contributed by atoms with Crippen LogP contribution in [0, 0.1) is 5.92 Å².